The smallest absolute Gasteiger partial charge is 0.121 e. The number of aromatic nitrogens is 1. The van der Waals surface area contributed by atoms with Crippen molar-refractivity contribution in [2.45, 2.75) is 6.92 Å². The molecule has 0 radical (unpaired) electrons. The number of aryl methyl sites for hydroxylation is 1. The summed E-state index contributed by atoms with van der Waals surface area (Å²) in [5.74, 6) is 0.836. The van der Waals surface area contributed by atoms with Crippen molar-refractivity contribution >= 4 is 26.8 Å². The average Bonchev–Trinajstić information content (AvgIpc) is 2.16. The Balaban J connectivity index is 2.75. The van der Waals surface area contributed by atoms with Crippen LogP contribution in [0, 0.1) is 6.92 Å². The Hall–Kier alpha value is -1.09. The highest BCUT2D eigenvalue weighted by Gasteiger charge is 2.02. The molecular weight excluding hydrogens is 242 g/mol. The lowest BCUT2D eigenvalue weighted by Gasteiger charge is -2.04. The van der Waals surface area contributed by atoms with Gasteiger partial charge in [0.15, 0.2) is 0 Å². The minimum absolute atomic E-state index is 0.836. The molecule has 1 aromatic carbocycles. The summed E-state index contributed by atoms with van der Waals surface area (Å²) in [4.78, 5) is 4.44. The van der Waals surface area contributed by atoms with Crippen molar-refractivity contribution in [3.8, 4) is 5.75 Å². The van der Waals surface area contributed by atoms with Gasteiger partial charge in [0.1, 0.15) is 5.75 Å². The van der Waals surface area contributed by atoms with E-state index >= 15 is 0 Å². The molecule has 0 N–H and O–H groups in total. The minimum atomic E-state index is 0.836. The fourth-order valence-electron chi connectivity index (χ4n) is 1.42. The van der Waals surface area contributed by atoms with Crippen LogP contribution in [0.25, 0.3) is 10.9 Å². The van der Waals surface area contributed by atoms with E-state index in [1.807, 2.05) is 31.2 Å². The Morgan fingerprint density at radius 2 is 2.07 bits per heavy atom. The molecule has 0 saturated heterocycles. The molecule has 0 spiro atoms. The van der Waals surface area contributed by atoms with Crippen molar-refractivity contribution in [3.05, 3.63) is 34.4 Å². The van der Waals surface area contributed by atoms with Crippen molar-refractivity contribution in [2.75, 3.05) is 7.11 Å². The van der Waals surface area contributed by atoms with E-state index in [9.17, 15) is 0 Å². The molecule has 2 rings (SSSR count). The van der Waals surface area contributed by atoms with E-state index in [0.717, 1.165) is 26.8 Å². The summed E-state index contributed by atoms with van der Waals surface area (Å²) >= 11 is 3.51. The number of nitrogens with zero attached hydrogens (tertiary/aromatic N) is 1. The number of rotatable bonds is 1. The van der Waals surface area contributed by atoms with Gasteiger partial charge in [0.25, 0.3) is 0 Å². The zero-order chi connectivity index (χ0) is 10.1. The zero-order valence-corrected chi connectivity index (χ0v) is 9.63. The first kappa shape index (κ1) is 9.46. The highest BCUT2D eigenvalue weighted by molar-refractivity contribution is 9.10. The van der Waals surface area contributed by atoms with Gasteiger partial charge in [-0.25, -0.2) is 0 Å². The van der Waals surface area contributed by atoms with Gasteiger partial charge >= 0.3 is 0 Å². The number of methoxy groups -OCH3 is 1. The number of hydrogen-bond acceptors (Lipinski definition) is 2. The van der Waals surface area contributed by atoms with Gasteiger partial charge in [0.2, 0.25) is 0 Å². The van der Waals surface area contributed by atoms with E-state index in [-0.39, 0.29) is 0 Å². The fraction of sp³-hybridized carbons (Fsp3) is 0.182. The summed E-state index contributed by atoms with van der Waals surface area (Å²) in [6.45, 7) is 1.98. The van der Waals surface area contributed by atoms with Crippen molar-refractivity contribution in [2.24, 2.45) is 0 Å². The molecule has 14 heavy (non-hydrogen) atoms. The van der Waals surface area contributed by atoms with Crippen LogP contribution in [0.3, 0.4) is 0 Å². The molecule has 72 valence electrons. The lowest BCUT2D eigenvalue weighted by molar-refractivity contribution is 0.415. The van der Waals surface area contributed by atoms with Gasteiger partial charge in [-0.1, -0.05) is 15.9 Å². The van der Waals surface area contributed by atoms with Gasteiger partial charge in [-0.05, 0) is 25.1 Å². The van der Waals surface area contributed by atoms with E-state index in [4.69, 9.17) is 4.74 Å². The lowest BCUT2D eigenvalue weighted by Crippen LogP contribution is -1.87. The van der Waals surface area contributed by atoms with Crippen LogP contribution in [0.2, 0.25) is 0 Å². The standard InChI is InChI=1S/C11H10BrNO/c1-7-5-10(12)9-4-3-8(14-2)6-11(9)13-7/h3-6H,1-2H3. The van der Waals surface area contributed by atoms with Crippen LogP contribution in [0.15, 0.2) is 28.7 Å². The number of halogens is 1. The molecule has 0 saturated carbocycles. The largest absolute Gasteiger partial charge is 0.497 e. The highest BCUT2D eigenvalue weighted by atomic mass is 79.9. The van der Waals surface area contributed by atoms with Crippen LogP contribution < -0.4 is 4.74 Å². The quantitative estimate of drug-likeness (QED) is 0.776. The van der Waals surface area contributed by atoms with Gasteiger partial charge in [-0.2, -0.15) is 0 Å². The van der Waals surface area contributed by atoms with Gasteiger partial charge in [0, 0.05) is 21.6 Å². The van der Waals surface area contributed by atoms with E-state index in [1.165, 1.54) is 0 Å². The lowest BCUT2D eigenvalue weighted by atomic mass is 10.2. The van der Waals surface area contributed by atoms with Crippen molar-refractivity contribution in [3.63, 3.8) is 0 Å². The molecule has 2 nitrogen and oxygen atoms in total. The number of ether oxygens (including phenoxy) is 1. The predicted octanol–water partition coefficient (Wildman–Crippen LogP) is 3.31. The third-order valence-corrected chi connectivity index (χ3v) is 2.75. The third-order valence-electron chi connectivity index (χ3n) is 2.09. The molecule has 0 atom stereocenters. The Morgan fingerprint density at radius 3 is 2.79 bits per heavy atom. The van der Waals surface area contributed by atoms with Crippen LogP contribution in [-0.2, 0) is 0 Å². The molecule has 1 heterocycles. The van der Waals surface area contributed by atoms with Crippen LogP contribution in [-0.4, -0.2) is 12.1 Å². The predicted molar refractivity (Wildman–Crippen MR) is 60.7 cm³/mol. The Labute approximate surface area is 91.0 Å². The molecule has 1 aromatic heterocycles. The molecular formula is C11H10BrNO. The van der Waals surface area contributed by atoms with Gasteiger partial charge in [0.05, 0.1) is 12.6 Å². The summed E-state index contributed by atoms with van der Waals surface area (Å²) < 4.78 is 6.22. The van der Waals surface area contributed by atoms with Crippen molar-refractivity contribution in [1.29, 1.82) is 0 Å². The maximum atomic E-state index is 5.15. The maximum Gasteiger partial charge on any atom is 0.121 e. The topological polar surface area (TPSA) is 22.1 Å². The summed E-state index contributed by atoms with van der Waals surface area (Å²) in [6.07, 6.45) is 0. The number of fused-ring (bicyclic) bond motifs is 1. The number of benzene rings is 1. The van der Waals surface area contributed by atoms with Gasteiger partial charge in [-0.3, -0.25) is 4.98 Å². The average molecular weight is 252 g/mol. The summed E-state index contributed by atoms with van der Waals surface area (Å²) in [5.41, 5.74) is 1.95. The fourth-order valence-corrected chi connectivity index (χ4v) is 2.08. The van der Waals surface area contributed by atoms with E-state index in [2.05, 4.69) is 20.9 Å². The highest BCUT2D eigenvalue weighted by Crippen LogP contribution is 2.26. The van der Waals surface area contributed by atoms with Crippen LogP contribution in [0.4, 0.5) is 0 Å². The first-order valence-electron chi connectivity index (χ1n) is 4.31. The first-order chi connectivity index (χ1) is 6.70. The Bertz CT molecular complexity index is 482. The third kappa shape index (κ3) is 1.60. The van der Waals surface area contributed by atoms with Gasteiger partial charge < -0.3 is 4.74 Å². The molecule has 0 aliphatic rings. The molecule has 0 aliphatic carbocycles. The van der Waals surface area contributed by atoms with E-state index in [1.54, 1.807) is 7.11 Å². The summed E-state index contributed by atoms with van der Waals surface area (Å²) in [5, 5.41) is 1.11. The Morgan fingerprint density at radius 1 is 1.29 bits per heavy atom. The minimum Gasteiger partial charge on any atom is -0.497 e. The second kappa shape index (κ2) is 3.58. The monoisotopic (exact) mass is 251 g/mol. The maximum absolute atomic E-state index is 5.15. The Kier molecular flexibility index (Phi) is 2.42. The summed E-state index contributed by atoms with van der Waals surface area (Å²) in [7, 11) is 1.66. The molecule has 0 aliphatic heterocycles. The second-order valence-corrected chi connectivity index (χ2v) is 3.98. The molecule has 3 heteroatoms. The van der Waals surface area contributed by atoms with E-state index in [0.29, 0.717) is 0 Å². The SMILES string of the molecule is COc1ccc2c(Br)cc(C)nc2c1. The number of hydrogen-bond donors (Lipinski definition) is 0. The second-order valence-electron chi connectivity index (χ2n) is 3.13. The van der Waals surface area contributed by atoms with Gasteiger partial charge in [-0.15, -0.1) is 0 Å². The summed E-state index contributed by atoms with van der Waals surface area (Å²) in [6, 6.07) is 7.89. The molecule has 2 aromatic rings. The van der Waals surface area contributed by atoms with Crippen molar-refractivity contribution < 1.29 is 4.74 Å². The molecule has 0 unspecified atom stereocenters. The molecule has 0 fully saturated rings. The van der Waals surface area contributed by atoms with Crippen molar-refractivity contribution in [1.82, 2.24) is 4.98 Å². The van der Waals surface area contributed by atoms with Crippen LogP contribution in [0.1, 0.15) is 5.69 Å². The molecule has 0 bridgehead atoms. The van der Waals surface area contributed by atoms with Crippen LogP contribution in [0.5, 0.6) is 5.75 Å². The van der Waals surface area contributed by atoms with Crippen LogP contribution >= 0.6 is 15.9 Å². The number of pyridine rings is 1. The zero-order valence-electron chi connectivity index (χ0n) is 8.04. The molecule has 0 amide bonds. The van der Waals surface area contributed by atoms with E-state index < -0.39 is 0 Å². The normalized spacial score (nSPS) is 10.5. The first-order valence-corrected chi connectivity index (χ1v) is 5.11.